The van der Waals surface area contributed by atoms with Gasteiger partial charge < -0.3 is 0 Å². The van der Waals surface area contributed by atoms with E-state index < -0.39 is 0 Å². The summed E-state index contributed by atoms with van der Waals surface area (Å²) in [5.74, 6) is 1.29. The molecule has 24 heavy (non-hydrogen) atoms. The first-order valence-corrected chi connectivity index (χ1v) is 9.35. The number of allylic oxidation sites excluding steroid dienone is 7. The largest absolute Gasteiger partial charge is 0.0905 e. The van der Waals surface area contributed by atoms with Gasteiger partial charge in [0.2, 0.25) is 0 Å². The van der Waals surface area contributed by atoms with Crippen molar-refractivity contribution in [3.05, 3.63) is 76.4 Å². The summed E-state index contributed by atoms with van der Waals surface area (Å²) in [6.07, 6.45) is 10.5. The molecular formula is C24H28. The molecule has 0 heterocycles. The first-order chi connectivity index (χ1) is 11.4. The molecule has 0 heteroatoms. The first kappa shape index (κ1) is 15.7. The Morgan fingerprint density at radius 2 is 2.00 bits per heavy atom. The minimum Gasteiger partial charge on any atom is -0.0905 e. The van der Waals surface area contributed by atoms with Crippen LogP contribution < -0.4 is 0 Å². The Hall–Kier alpha value is -1.82. The number of benzene rings is 1. The van der Waals surface area contributed by atoms with E-state index >= 15 is 0 Å². The summed E-state index contributed by atoms with van der Waals surface area (Å²) >= 11 is 0. The van der Waals surface area contributed by atoms with Crippen LogP contribution >= 0.6 is 0 Å². The molecule has 1 fully saturated rings. The van der Waals surface area contributed by atoms with Gasteiger partial charge in [-0.1, -0.05) is 76.3 Å². The predicted octanol–water partition coefficient (Wildman–Crippen LogP) is 6.29. The van der Waals surface area contributed by atoms with Crippen molar-refractivity contribution in [3.63, 3.8) is 0 Å². The van der Waals surface area contributed by atoms with Crippen LogP contribution in [0.25, 0.3) is 5.57 Å². The molecule has 3 aliphatic rings. The van der Waals surface area contributed by atoms with Crippen LogP contribution in [0.1, 0.15) is 50.8 Å². The van der Waals surface area contributed by atoms with Crippen LogP contribution in [0.4, 0.5) is 0 Å². The molecule has 0 nitrogen and oxygen atoms in total. The van der Waals surface area contributed by atoms with E-state index in [4.69, 9.17) is 0 Å². The Morgan fingerprint density at radius 1 is 1.21 bits per heavy atom. The first-order valence-electron chi connectivity index (χ1n) is 9.35. The molecular weight excluding hydrogens is 288 g/mol. The van der Waals surface area contributed by atoms with Crippen molar-refractivity contribution in [2.75, 3.05) is 0 Å². The second-order valence-electron chi connectivity index (χ2n) is 8.44. The number of fused-ring (bicyclic) bond motifs is 2. The van der Waals surface area contributed by atoms with Gasteiger partial charge in [-0.3, -0.25) is 0 Å². The summed E-state index contributed by atoms with van der Waals surface area (Å²) in [5, 5.41) is 0. The van der Waals surface area contributed by atoms with Gasteiger partial charge in [-0.2, -0.15) is 0 Å². The summed E-state index contributed by atoms with van der Waals surface area (Å²) in [6.45, 7) is 14.0. The summed E-state index contributed by atoms with van der Waals surface area (Å²) in [7, 11) is 0. The lowest BCUT2D eigenvalue weighted by Crippen LogP contribution is -2.21. The Balaban J connectivity index is 1.68. The summed E-state index contributed by atoms with van der Waals surface area (Å²) in [5.41, 5.74) is 10.4. The lowest BCUT2D eigenvalue weighted by atomic mass is 9.74. The highest BCUT2D eigenvalue weighted by molar-refractivity contribution is 5.86. The lowest BCUT2D eigenvalue weighted by Gasteiger charge is -2.30. The van der Waals surface area contributed by atoms with Crippen LogP contribution in [0.5, 0.6) is 0 Å². The highest BCUT2D eigenvalue weighted by Crippen LogP contribution is 2.56. The zero-order chi connectivity index (χ0) is 17.1. The molecule has 0 amide bonds. The Morgan fingerprint density at radius 3 is 2.75 bits per heavy atom. The second-order valence-corrected chi connectivity index (χ2v) is 8.44. The third-order valence-corrected chi connectivity index (χ3v) is 6.67. The number of hydrogen-bond acceptors (Lipinski definition) is 0. The molecule has 1 aromatic carbocycles. The van der Waals surface area contributed by atoms with E-state index in [1.54, 1.807) is 5.57 Å². The van der Waals surface area contributed by atoms with Crippen molar-refractivity contribution in [1.82, 2.24) is 0 Å². The van der Waals surface area contributed by atoms with E-state index in [0.29, 0.717) is 17.3 Å². The maximum atomic E-state index is 4.48. The SMILES string of the molecule is C=C1C(C2=CC=C3CC(C)(C)C(C)C32)=CCc2cc(CC)ccc21. The van der Waals surface area contributed by atoms with Crippen molar-refractivity contribution in [3.8, 4) is 0 Å². The molecule has 0 saturated heterocycles. The van der Waals surface area contributed by atoms with Crippen LogP contribution in [0, 0.1) is 17.3 Å². The van der Waals surface area contributed by atoms with Gasteiger partial charge in [0.05, 0.1) is 0 Å². The van der Waals surface area contributed by atoms with E-state index in [1.165, 1.54) is 39.8 Å². The van der Waals surface area contributed by atoms with Gasteiger partial charge in [0.1, 0.15) is 0 Å². The summed E-state index contributed by atoms with van der Waals surface area (Å²) in [4.78, 5) is 0. The molecule has 1 saturated carbocycles. The van der Waals surface area contributed by atoms with Crippen LogP contribution in [0.15, 0.2) is 59.7 Å². The van der Waals surface area contributed by atoms with Crippen molar-refractivity contribution in [2.45, 2.75) is 47.0 Å². The number of aryl methyl sites for hydroxylation is 1. The fraction of sp³-hybridized carbons (Fsp3) is 0.417. The molecule has 2 unspecified atom stereocenters. The van der Waals surface area contributed by atoms with Crippen LogP contribution in [-0.2, 0) is 12.8 Å². The fourth-order valence-electron chi connectivity index (χ4n) is 4.86. The lowest BCUT2D eigenvalue weighted by molar-refractivity contribution is 0.255. The molecule has 1 aromatic rings. The van der Waals surface area contributed by atoms with Crippen LogP contribution in [0.3, 0.4) is 0 Å². The predicted molar refractivity (Wildman–Crippen MR) is 104 cm³/mol. The molecule has 0 N–H and O–H groups in total. The minimum atomic E-state index is 0.403. The smallest absolute Gasteiger partial charge is 0.00883 e. The van der Waals surface area contributed by atoms with E-state index in [9.17, 15) is 0 Å². The fourth-order valence-corrected chi connectivity index (χ4v) is 4.86. The third kappa shape index (κ3) is 2.19. The van der Waals surface area contributed by atoms with E-state index in [1.807, 2.05) is 0 Å². The van der Waals surface area contributed by atoms with E-state index in [2.05, 4.69) is 70.7 Å². The topological polar surface area (TPSA) is 0 Å². The molecule has 0 bridgehead atoms. The monoisotopic (exact) mass is 316 g/mol. The van der Waals surface area contributed by atoms with Crippen LogP contribution in [0.2, 0.25) is 0 Å². The highest BCUT2D eigenvalue weighted by atomic mass is 14.5. The van der Waals surface area contributed by atoms with Crippen molar-refractivity contribution >= 4 is 5.57 Å². The zero-order valence-corrected chi connectivity index (χ0v) is 15.4. The average molecular weight is 316 g/mol. The molecule has 3 aliphatic carbocycles. The molecule has 0 aliphatic heterocycles. The Bertz CT molecular complexity index is 810. The van der Waals surface area contributed by atoms with Gasteiger partial charge in [-0.15, -0.1) is 0 Å². The van der Waals surface area contributed by atoms with Gasteiger partial charge >= 0.3 is 0 Å². The van der Waals surface area contributed by atoms with Crippen molar-refractivity contribution in [1.29, 1.82) is 0 Å². The summed E-state index contributed by atoms with van der Waals surface area (Å²) in [6, 6.07) is 6.91. The average Bonchev–Trinajstić information content (AvgIpc) is 3.05. The standard InChI is InChI=1S/C24H28/c1-6-17-7-10-20-15(2)21(11-8-18(20)13-17)22-12-9-19-14-24(4,5)16(3)23(19)22/h7,9-13,16,23H,2,6,8,14H2,1,3-5H3. The molecule has 2 atom stereocenters. The second kappa shape index (κ2) is 5.34. The third-order valence-electron chi connectivity index (χ3n) is 6.67. The highest BCUT2D eigenvalue weighted by Gasteiger charge is 2.45. The maximum Gasteiger partial charge on any atom is 0.00883 e. The number of rotatable bonds is 2. The van der Waals surface area contributed by atoms with Gasteiger partial charge in [0.15, 0.2) is 0 Å². The minimum absolute atomic E-state index is 0.403. The molecule has 124 valence electrons. The molecule has 0 radical (unpaired) electrons. The number of hydrogen-bond donors (Lipinski definition) is 0. The van der Waals surface area contributed by atoms with Crippen molar-refractivity contribution in [2.24, 2.45) is 17.3 Å². The summed E-state index contributed by atoms with van der Waals surface area (Å²) < 4.78 is 0. The Kier molecular flexibility index (Phi) is 3.49. The maximum absolute atomic E-state index is 4.48. The van der Waals surface area contributed by atoms with Crippen molar-refractivity contribution < 1.29 is 0 Å². The van der Waals surface area contributed by atoms with Crippen LogP contribution in [-0.4, -0.2) is 0 Å². The molecule has 0 spiro atoms. The van der Waals surface area contributed by atoms with Gasteiger partial charge in [-0.25, -0.2) is 0 Å². The van der Waals surface area contributed by atoms with Gasteiger partial charge in [0.25, 0.3) is 0 Å². The molecule has 4 rings (SSSR count). The Labute approximate surface area is 146 Å². The zero-order valence-electron chi connectivity index (χ0n) is 15.4. The normalized spacial score (nSPS) is 27.3. The van der Waals surface area contributed by atoms with Gasteiger partial charge in [-0.05, 0) is 64.0 Å². The van der Waals surface area contributed by atoms with E-state index in [-0.39, 0.29) is 0 Å². The quantitative estimate of drug-likeness (QED) is 0.601. The van der Waals surface area contributed by atoms with E-state index in [0.717, 1.165) is 12.8 Å². The van der Waals surface area contributed by atoms with Gasteiger partial charge in [0, 0.05) is 5.92 Å². The molecule has 0 aromatic heterocycles.